The van der Waals surface area contributed by atoms with Crippen molar-refractivity contribution in [1.82, 2.24) is 4.31 Å². The molecule has 0 atom stereocenters. The minimum atomic E-state index is -3.68. The summed E-state index contributed by atoms with van der Waals surface area (Å²) in [5.41, 5.74) is 2.86. The summed E-state index contributed by atoms with van der Waals surface area (Å²) in [6.07, 6.45) is 0. The van der Waals surface area contributed by atoms with Gasteiger partial charge in [-0.3, -0.25) is 4.79 Å². The van der Waals surface area contributed by atoms with Gasteiger partial charge in [-0.15, -0.1) is 0 Å². The van der Waals surface area contributed by atoms with Crippen LogP contribution in [0.3, 0.4) is 0 Å². The summed E-state index contributed by atoms with van der Waals surface area (Å²) in [4.78, 5) is 12.4. The molecule has 0 saturated heterocycles. The Morgan fingerprint density at radius 1 is 1.04 bits per heavy atom. The SMILES string of the molecule is CCN(CC(=O)Nc1ccc(C)c(C)c1)S(=O)(=O)c1ccccc1. The Morgan fingerprint density at radius 3 is 2.29 bits per heavy atom. The quantitative estimate of drug-likeness (QED) is 0.874. The van der Waals surface area contributed by atoms with E-state index in [1.54, 1.807) is 25.1 Å². The lowest BCUT2D eigenvalue weighted by Gasteiger charge is -2.20. The van der Waals surface area contributed by atoms with Gasteiger partial charge in [-0.2, -0.15) is 4.31 Å². The van der Waals surface area contributed by atoms with Crippen molar-refractivity contribution in [2.75, 3.05) is 18.4 Å². The van der Waals surface area contributed by atoms with E-state index in [-0.39, 0.29) is 23.9 Å². The third kappa shape index (κ3) is 4.21. The fourth-order valence-corrected chi connectivity index (χ4v) is 3.71. The van der Waals surface area contributed by atoms with Gasteiger partial charge in [0.2, 0.25) is 15.9 Å². The molecule has 0 aliphatic rings. The minimum Gasteiger partial charge on any atom is -0.325 e. The van der Waals surface area contributed by atoms with Crippen molar-refractivity contribution in [3.05, 3.63) is 59.7 Å². The molecule has 2 aromatic rings. The maximum atomic E-state index is 12.6. The van der Waals surface area contributed by atoms with Crippen molar-refractivity contribution >= 4 is 21.6 Å². The molecule has 1 N–H and O–H groups in total. The normalized spacial score (nSPS) is 11.5. The smallest absolute Gasteiger partial charge is 0.243 e. The summed E-state index contributed by atoms with van der Waals surface area (Å²) in [5.74, 6) is -0.361. The fraction of sp³-hybridized carbons (Fsp3) is 0.278. The van der Waals surface area contributed by atoms with Gasteiger partial charge < -0.3 is 5.32 Å². The fourth-order valence-electron chi connectivity index (χ4n) is 2.29. The number of amides is 1. The third-order valence-corrected chi connectivity index (χ3v) is 5.78. The van der Waals surface area contributed by atoms with Crippen LogP contribution in [0.4, 0.5) is 5.69 Å². The number of anilines is 1. The first-order chi connectivity index (χ1) is 11.3. The number of likely N-dealkylation sites (N-methyl/N-ethyl adjacent to an activating group) is 1. The molecule has 0 saturated carbocycles. The summed E-state index contributed by atoms with van der Waals surface area (Å²) in [5, 5.41) is 2.75. The van der Waals surface area contributed by atoms with Gasteiger partial charge in [-0.05, 0) is 49.2 Å². The molecule has 128 valence electrons. The third-order valence-electron chi connectivity index (χ3n) is 3.84. The standard InChI is InChI=1S/C18H22N2O3S/c1-4-20(24(22,23)17-8-6-5-7-9-17)13-18(21)19-16-11-10-14(2)15(3)12-16/h5-12H,4,13H2,1-3H3,(H,19,21). The van der Waals surface area contributed by atoms with Crippen LogP contribution in [0.25, 0.3) is 0 Å². The minimum absolute atomic E-state index is 0.186. The molecule has 0 bridgehead atoms. The van der Waals surface area contributed by atoms with E-state index in [1.165, 1.54) is 16.4 Å². The lowest BCUT2D eigenvalue weighted by atomic mass is 10.1. The molecule has 24 heavy (non-hydrogen) atoms. The average Bonchev–Trinajstić information content (AvgIpc) is 2.56. The maximum Gasteiger partial charge on any atom is 0.243 e. The average molecular weight is 346 g/mol. The van der Waals surface area contributed by atoms with E-state index in [4.69, 9.17) is 0 Å². The molecule has 0 aliphatic carbocycles. The van der Waals surface area contributed by atoms with Gasteiger partial charge in [0.1, 0.15) is 0 Å². The van der Waals surface area contributed by atoms with Crippen LogP contribution in [0, 0.1) is 13.8 Å². The van der Waals surface area contributed by atoms with Gasteiger partial charge >= 0.3 is 0 Å². The van der Waals surface area contributed by atoms with E-state index in [1.807, 2.05) is 32.0 Å². The Hall–Kier alpha value is -2.18. The highest BCUT2D eigenvalue weighted by Crippen LogP contribution is 2.16. The number of sulfonamides is 1. The van der Waals surface area contributed by atoms with Gasteiger partial charge in [0, 0.05) is 12.2 Å². The van der Waals surface area contributed by atoms with Crippen LogP contribution >= 0.6 is 0 Å². The van der Waals surface area contributed by atoms with Crippen molar-refractivity contribution in [1.29, 1.82) is 0 Å². The number of carbonyl (C=O) groups is 1. The first-order valence-electron chi connectivity index (χ1n) is 7.77. The van der Waals surface area contributed by atoms with E-state index >= 15 is 0 Å². The van der Waals surface area contributed by atoms with Crippen LogP contribution in [-0.2, 0) is 14.8 Å². The van der Waals surface area contributed by atoms with Crippen LogP contribution in [0.2, 0.25) is 0 Å². The number of hydrogen-bond acceptors (Lipinski definition) is 3. The lowest BCUT2D eigenvalue weighted by molar-refractivity contribution is -0.116. The molecule has 0 aromatic heterocycles. The van der Waals surface area contributed by atoms with Gasteiger partial charge in [0.05, 0.1) is 11.4 Å². The molecule has 6 heteroatoms. The number of carbonyl (C=O) groups excluding carboxylic acids is 1. The van der Waals surface area contributed by atoms with Crippen molar-refractivity contribution in [3.63, 3.8) is 0 Å². The largest absolute Gasteiger partial charge is 0.325 e. The highest BCUT2D eigenvalue weighted by atomic mass is 32.2. The van der Waals surface area contributed by atoms with E-state index < -0.39 is 10.0 Å². The van der Waals surface area contributed by atoms with Gasteiger partial charge in [-0.1, -0.05) is 31.2 Å². The van der Waals surface area contributed by atoms with Crippen LogP contribution in [-0.4, -0.2) is 31.7 Å². The zero-order chi connectivity index (χ0) is 17.7. The lowest BCUT2D eigenvalue weighted by Crippen LogP contribution is -2.37. The first kappa shape index (κ1) is 18.2. The number of nitrogens with zero attached hydrogens (tertiary/aromatic N) is 1. The number of benzene rings is 2. The summed E-state index contributed by atoms with van der Waals surface area (Å²) in [7, 11) is -3.68. The molecule has 0 heterocycles. The molecular weight excluding hydrogens is 324 g/mol. The van der Waals surface area contributed by atoms with E-state index in [0.717, 1.165) is 11.1 Å². The van der Waals surface area contributed by atoms with E-state index in [9.17, 15) is 13.2 Å². The van der Waals surface area contributed by atoms with E-state index in [0.29, 0.717) is 5.69 Å². The zero-order valence-electron chi connectivity index (χ0n) is 14.1. The second-order valence-electron chi connectivity index (χ2n) is 5.59. The zero-order valence-corrected chi connectivity index (χ0v) is 14.9. The Kier molecular flexibility index (Phi) is 5.75. The highest BCUT2D eigenvalue weighted by molar-refractivity contribution is 7.89. The molecular formula is C18H22N2O3S. The molecule has 0 aliphatic heterocycles. The second-order valence-corrected chi connectivity index (χ2v) is 7.53. The molecule has 0 unspecified atom stereocenters. The maximum absolute atomic E-state index is 12.6. The summed E-state index contributed by atoms with van der Waals surface area (Å²) >= 11 is 0. The predicted molar refractivity (Wildman–Crippen MR) is 95.4 cm³/mol. The highest BCUT2D eigenvalue weighted by Gasteiger charge is 2.24. The van der Waals surface area contributed by atoms with Crippen molar-refractivity contribution < 1.29 is 13.2 Å². The van der Waals surface area contributed by atoms with Crippen molar-refractivity contribution in [3.8, 4) is 0 Å². The van der Waals surface area contributed by atoms with Crippen molar-refractivity contribution in [2.45, 2.75) is 25.7 Å². The molecule has 0 fully saturated rings. The first-order valence-corrected chi connectivity index (χ1v) is 9.21. The molecule has 1 amide bonds. The molecule has 0 spiro atoms. The Balaban J connectivity index is 2.12. The molecule has 5 nitrogen and oxygen atoms in total. The molecule has 2 rings (SSSR count). The van der Waals surface area contributed by atoms with Gasteiger partial charge in [0.25, 0.3) is 0 Å². The number of rotatable bonds is 6. The second kappa shape index (κ2) is 7.59. The Morgan fingerprint density at radius 2 is 1.71 bits per heavy atom. The Labute approximate surface area is 143 Å². The van der Waals surface area contributed by atoms with E-state index in [2.05, 4.69) is 5.32 Å². The van der Waals surface area contributed by atoms with Crippen molar-refractivity contribution in [2.24, 2.45) is 0 Å². The number of aryl methyl sites for hydroxylation is 2. The molecule has 0 radical (unpaired) electrons. The summed E-state index contributed by atoms with van der Waals surface area (Å²) < 4.78 is 26.4. The predicted octanol–water partition coefficient (Wildman–Crippen LogP) is 2.95. The Bertz CT molecular complexity index is 817. The van der Waals surface area contributed by atoms with Crippen LogP contribution in [0.15, 0.2) is 53.4 Å². The van der Waals surface area contributed by atoms with Gasteiger partial charge in [-0.25, -0.2) is 8.42 Å². The molecule has 2 aromatic carbocycles. The van der Waals surface area contributed by atoms with Gasteiger partial charge in [0.15, 0.2) is 0 Å². The summed E-state index contributed by atoms with van der Waals surface area (Å²) in [6, 6.07) is 13.7. The van der Waals surface area contributed by atoms with Crippen LogP contribution < -0.4 is 5.32 Å². The topological polar surface area (TPSA) is 66.5 Å². The number of nitrogens with one attached hydrogen (secondary N) is 1. The summed E-state index contributed by atoms with van der Waals surface area (Å²) in [6.45, 7) is 5.66. The number of hydrogen-bond donors (Lipinski definition) is 1. The van der Waals surface area contributed by atoms with Crippen LogP contribution in [0.5, 0.6) is 0 Å². The monoisotopic (exact) mass is 346 g/mol. The van der Waals surface area contributed by atoms with Crippen LogP contribution in [0.1, 0.15) is 18.1 Å².